The highest BCUT2D eigenvalue weighted by atomic mass is 19.1. The Hall–Kier alpha value is -2.74. The Morgan fingerprint density at radius 2 is 2.07 bits per heavy atom. The molecule has 29 heavy (non-hydrogen) atoms. The van der Waals surface area contributed by atoms with E-state index in [9.17, 15) is 9.18 Å². The molecule has 154 valence electrons. The van der Waals surface area contributed by atoms with Gasteiger partial charge in [-0.05, 0) is 24.6 Å². The van der Waals surface area contributed by atoms with Crippen LogP contribution in [0, 0.1) is 5.82 Å². The molecule has 2 aliphatic heterocycles. The summed E-state index contributed by atoms with van der Waals surface area (Å²) < 4.78 is 19.1. The number of aromatic nitrogens is 2. The van der Waals surface area contributed by atoms with Crippen molar-refractivity contribution >= 4 is 11.8 Å². The molecule has 0 radical (unpaired) electrons. The largest absolute Gasteiger partial charge is 0.378 e. The van der Waals surface area contributed by atoms with E-state index in [4.69, 9.17) is 14.7 Å². The van der Waals surface area contributed by atoms with Gasteiger partial charge in [0.15, 0.2) is 0 Å². The lowest BCUT2D eigenvalue weighted by Gasteiger charge is -2.34. The quantitative estimate of drug-likeness (QED) is 0.853. The number of ether oxygens (including phenoxy) is 1. The maximum Gasteiger partial charge on any atom is 0.317 e. The minimum absolute atomic E-state index is 0.0603. The molecule has 0 aliphatic carbocycles. The van der Waals surface area contributed by atoms with Crippen molar-refractivity contribution in [3.05, 3.63) is 52.7 Å². The number of amides is 2. The molecule has 0 bridgehead atoms. The lowest BCUT2D eigenvalue weighted by atomic mass is 10.0. The fourth-order valence-corrected chi connectivity index (χ4v) is 3.83. The molecular formula is C21H26FN5O2. The van der Waals surface area contributed by atoms with Gasteiger partial charge >= 0.3 is 6.03 Å². The first-order valence-corrected chi connectivity index (χ1v) is 10.1. The van der Waals surface area contributed by atoms with Crippen molar-refractivity contribution in [2.24, 2.45) is 0 Å². The molecule has 2 aromatic rings. The van der Waals surface area contributed by atoms with Gasteiger partial charge in [-0.2, -0.15) is 0 Å². The summed E-state index contributed by atoms with van der Waals surface area (Å²) >= 11 is 0. The second-order valence-electron chi connectivity index (χ2n) is 7.30. The van der Waals surface area contributed by atoms with Crippen molar-refractivity contribution in [2.45, 2.75) is 26.3 Å². The third-order valence-electron chi connectivity index (χ3n) is 5.26. The first-order chi connectivity index (χ1) is 14.1. The van der Waals surface area contributed by atoms with Crippen LogP contribution in [0.25, 0.3) is 0 Å². The number of nitrogens with zero attached hydrogens (tertiary/aromatic N) is 4. The molecule has 1 saturated heterocycles. The number of carbonyl (C=O) groups excluding carboxylic acids is 1. The number of urea groups is 1. The molecule has 7 nitrogen and oxygen atoms in total. The van der Waals surface area contributed by atoms with Gasteiger partial charge in [0.05, 0.1) is 25.5 Å². The topological polar surface area (TPSA) is 70.6 Å². The molecule has 4 rings (SSSR count). The number of morpholine rings is 1. The van der Waals surface area contributed by atoms with Gasteiger partial charge in [-0.25, -0.2) is 19.2 Å². The molecule has 0 saturated carbocycles. The summed E-state index contributed by atoms with van der Waals surface area (Å²) in [5.74, 6) is 1.30. The van der Waals surface area contributed by atoms with Gasteiger partial charge in [0.25, 0.3) is 0 Å². The van der Waals surface area contributed by atoms with Gasteiger partial charge in [0, 0.05) is 44.6 Å². The monoisotopic (exact) mass is 399 g/mol. The smallest absolute Gasteiger partial charge is 0.317 e. The minimum Gasteiger partial charge on any atom is -0.378 e. The van der Waals surface area contributed by atoms with Gasteiger partial charge in [0.2, 0.25) is 0 Å². The molecule has 1 fully saturated rings. The predicted octanol–water partition coefficient (Wildman–Crippen LogP) is 2.13. The standard InChI is InChI=1S/C21H26FN5O2/c1-2-23-21(28)27-7-6-18-17(14-27)20(26-8-10-29-11-9-26)25-19(24-18)13-15-4-3-5-16(22)12-15/h3-5,12H,2,6-11,13-14H2,1H3,(H,23,28). The summed E-state index contributed by atoms with van der Waals surface area (Å²) in [6.45, 7) is 6.44. The summed E-state index contributed by atoms with van der Waals surface area (Å²) in [5.41, 5.74) is 2.83. The zero-order chi connectivity index (χ0) is 20.2. The van der Waals surface area contributed by atoms with E-state index in [-0.39, 0.29) is 11.8 Å². The number of halogens is 1. The molecule has 2 amide bonds. The van der Waals surface area contributed by atoms with Gasteiger partial charge in [-0.15, -0.1) is 0 Å². The molecule has 0 unspecified atom stereocenters. The molecular weight excluding hydrogens is 373 g/mol. The number of nitrogens with one attached hydrogen (secondary N) is 1. The number of carbonyl (C=O) groups is 1. The summed E-state index contributed by atoms with van der Waals surface area (Å²) in [5, 5.41) is 2.87. The summed E-state index contributed by atoms with van der Waals surface area (Å²) in [6.07, 6.45) is 1.16. The van der Waals surface area contributed by atoms with Crippen molar-refractivity contribution in [3.63, 3.8) is 0 Å². The van der Waals surface area contributed by atoms with Crippen molar-refractivity contribution in [3.8, 4) is 0 Å². The number of hydrogen-bond acceptors (Lipinski definition) is 5. The predicted molar refractivity (Wildman–Crippen MR) is 107 cm³/mol. The van der Waals surface area contributed by atoms with E-state index in [0.717, 1.165) is 35.7 Å². The molecule has 1 aromatic carbocycles. The second-order valence-corrected chi connectivity index (χ2v) is 7.30. The first kappa shape index (κ1) is 19.6. The Morgan fingerprint density at radius 1 is 1.24 bits per heavy atom. The van der Waals surface area contributed by atoms with E-state index < -0.39 is 0 Å². The van der Waals surface area contributed by atoms with E-state index >= 15 is 0 Å². The van der Waals surface area contributed by atoms with Crippen LogP contribution >= 0.6 is 0 Å². The van der Waals surface area contributed by atoms with Crippen LogP contribution in [-0.4, -0.2) is 60.3 Å². The van der Waals surface area contributed by atoms with Crippen LogP contribution in [0.5, 0.6) is 0 Å². The summed E-state index contributed by atoms with van der Waals surface area (Å²) in [7, 11) is 0. The van der Waals surface area contributed by atoms with E-state index in [1.54, 1.807) is 6.07 Å². The minimum atomic E-state index is -0.258. The Labute approximate surface area is 169 Å². The lowest BCUT2D eigenvalue weighted by Crippen LogP contribution is -2.44. The lowest BCUT2D eigenvalue weighted by molar-refractivity contribution is 0.122. The van der Waals surface area contributed by atoms with E-state index in [1.807, 2.05) is 17.9 Å². The summed E-state index contributed by atoms with van der Waals surface area (Å²) in [6, 6.07) is 6.49. The van der Waals surface area contributed by atoms with Crippen LogP contribution in [0.15, 0.2) is 24.3 Å². The number of anilines is 1. The van der Waals surface area contributed by atoms with Gasteiger partial charge in [0.1, 0.15) is 17.5 Å². The number of benzene rings is 1. The van der Waals surface area contributed by atoms with Crippen molar-refractivity contribution < 1.29 is 13.9 Å². The molecule has 2 aliphatic rings. The molecule has 0 spiro atoms. The Balaban J connectivity index is 1.66. The van der Waals surface area contributed by atoms with Crippen molar-refractivity contribution in [1.82, 2.24) is 20.2 Å². The fraction of sp³-hybridized carbons (Fsp3) is 0.476. The zero-order valence-corrected chi connectivity index (χ0v) is 16.7. The first-order valence-electron chi connectivity index (χ1n) is 10.1. The normalized spacial score (nSPS) is 16.5. The van der Waals surface area contributed by atoms with Crippen molar-refractivity contribution in [1.29, 1.82) is 0 Å². The molecule has 8 heteroatoms. The van der Waals surface area contributed by atoms with E-state index in [0.29, 0.717) is 51.5 Å². The maximum absolute atomic E-state index is 13.6. The van der Waals surface area contributed by atoms with Gasteiger partial charge < -0.3 is 19.9 Å². The zero-order valence-electron chi connectivity index (χ0n) is 16.7. The average molecular weight is 399 g/mol. The summed E-state index contributed by atoms with van der Waals surface area (Å²) in [4.78, 5) is 26.0. The van der Waals surface area contributed by atoms with Crippen LogP contribution in [0.2, 0.25) is 0 Å². The van der Waals surface area contributed by atoms with Gasteiger partial charge in [-0.3, -0.25) is 0 Å². The second kappa shape index (κ2) is 8.73. The third kappa shape index (κ3) is 4.48. The van der Waals surface area contributed by atoms with Crippen LogP contribution in [-0.2, 0) is 24.1 Å². The molecule has 1 N–H and O–H groups in total. The van der Waals surface area contributed by atoms with Gasteiger partial charge in [-0.1, -0.05) is 12.1 Å². The Kier molecular flexibility index (Phi) is 5.89. The highest BCUT2D eigenvalue weighted by Gasteiger charge is 2.28. The average Bonchev–Trinajstić information content (AvgIpc) is 2.74. The van der Waals surface area contributed by atoms with Crippen LogP contribution in [0.1, 0.15) is 29.6 Å². The van der Waals surface area contributed by atoms with Crippen LogP contribution < -0.4 is 10.2 Å². The number of fused-ring (bicyclic) bond motifs is 1. The van der Waals surface area contributed by atoms with E-state index in [2.05, 4.69) is 10.2 Å². The maximum atomic E-state index is 13.6. The van der Waals surface area contributed by atoms with Crippen LogP contribution in [0.4, 0.5) is 15.0 Å². The molecule has 1 aromatic heterocycles. The highest BCUT2D eigenvalue weighted by Crippen LogP contribution is 2.28. The third-order valence-corrected chi connectivity index (χ3v) is 5.26. The Morgan fingerprint density at radius 3 is 2.83 bits per heavy atom. The molecule has 0 atom stereocenters. The molecule has 3 heterocycles. The SMILES string of the molecule is CCNC(=O)N1CCc2nc(Cc3cccc(F)c3)nc(N3CCOCC3)c2C1. The van der Waals surface area contributed by atoms with Crippen LogP contribution in [0.3, 0.4) is 0 Å². The highest BCUT2D eigenvalue weighted by molar-refractivity contribution is 5.74. The Bertz CT molecular complexity index is 885. The number of hydrogen-bond donors (Lipinski definition) is 1. The fourth-order valence-electron chi connectivity index (χ4n) is 3.83. The number of rotatable bonds is 4. The van der Waals surface area contributed by atoms with E-state index in [1.165, 1.54) is 12.1 Å². The van der Waals surface area contributed by atoms with Crippen molar-refractivity contribution in [2.75, 3.05) is 44.3 Å².